The van der Waals surface area contributed by atoms with Crippen LogP contribution >= 0.6 is 0 Å². The highest BCUT2D eigenvalue weighted by molar-refractivity contribution is 5.78. The molecule has 110 valence electrons. The van der Waals surface area contributed by atoms with Crippen molar-refractivity contribution < 1.29 is 0 Å². The van der Waals surface area contributed by atoms with Crippen molar-refractivity contribution in [2.24, 2.45) is 0 Å². The first-order chi connectivity index (χ1) is 10.7. The van der Waals surface area contributed by atoms with Gasteiger partial charge in [0.15, 0.2) is 0 Å². The van der Waals surface area contributed by atoms with Crippen LogP contribution in [0.5, 0.6) is 0 Å². The van der Waals surface area contributed by atoms with Crippen LogP contribution in [-0.2, 0) is 6.54 Å². The molecule has 1 unspecified atom stereocenters. The Kier molecular flexibility index (Phi) is 3.88. The van der Waals surface area contributed by atoms with E-state index in [1.807, 2.05) is 42.9 Å². The summed E-state index contributed by atoms with van der Waals surface area (Å²) in [5.74, 6) is 0.405. The summed E-state index contributed by atoms with van der Waals surface area (Å²) in [6, 6.07) is 11.8. The number of rotatable bonds is 4. The molecule has 4 heteroatoms. The summed E-state index contributed by atoms with van der Waals surface area (Å²) in [6.45, 7) is 5.09. The highest BCUT2D eigenvalue weighted by Crippen LogP contribution is 2.24. The predicted molar refractivity (Wildman–Crippen MR) is 86.5 cm³/mol. The van der Waals surface area contributed by atoms with E-state index in [0.717, 1.165) is 35.3 Å². The minimum absolute atomic E-state index is 0.405. The second kappa shape index (κ2) is 5.98. The van der Waals surface area contributed by atoms with Crippen molar-refractivity contribution in [1.29, 1.82) is 5.26 Å². The monoisotopic (exact) mass is 290 g/mol. The molecule has 0 saturated carbocycles. The van der Waals surface area contributed by atoms with E-state index in [2.05, 4.69) is 34.5 Å². The molecule has 3 aromatic rings. The van der Waals surface area contributed by atoms with Gasteiger partial charge in [-0.2, -0.15) is 5.26 Å². The summed E-state index contributed by atoms with van der Waals surface area (Å²) in [5, 5.41) is 8.86. The molecule has 0 fully saturated rings. The van der Waals surface area contributed by atoms with E-state index < -0.39 is 0 Å². The van der Waals surface area contributed by atoms with E-state index in [1.54, 1.807) is 0 Å². The van der Waals surface area contributed by atoms with E-state index in [1.165, 1.54) is 0 Å². The highest BCUT2D eigenvalue weighted by Gasteiger charge is 2.13. The standard InChI is InChI=1S/C18H18N4/c1-3-13(2)17-18-16(8-9-20-17)22(12-21-18)11-15-6-4-14(10-19)5-7-15/h4-9,12-13H,3,11H2,1-2H3. The number of pyridine rings is 1. The zero-order chi connectivity index (χ0) is 15.5. The van der Waals surface area contributed by atoms with Gasteiger partial charge in [-0.25, -0.2) is 4.98 Å². The first-order valence-electron chi connectivity index (χ1n) is 7.51. The number of hydrogen-bond acceptors (Lipinski definition) is 3. The molecule has 2 heterocycles. The van der Waals surface area contributed by atoms with Crippen LogP contribution in [0.4, 0.5) is 0 Å². The summed E-state index contributed by atoms with van der Waals surface area (Å²) in [4.78, 5) is 9.07. The molecule has 3 rings (SSSR count). The van der Waals surface area contributed by atoms with Crippen molar-refractivity contribution in [2.45, 2.75) is 32.7 Å². The van der Waals surface area contributed by atoms with E-state index >= 15 is 0 Å². The van der Waals surface area contributed by atoms with Crippen LogP contribution in [0.15, 0.2) is 42.9 Å². The molecule has 0 radical (unpaired) electrons. The van der Waals surface area contributed by atoms with Crippen LogP contribution in [0.25, 0.3) is 11.0 Å². The second-order valence-corrected chi connectivity index (χ2v) is 5.55. The van der Waals surface area contributed by atoms with Gasteiger partial charge in [0, 0.05) is 18.7 Å². The Morgan fingerprint density at radius 1 is 1.18 bits per heavy atom. The average Bonchev–Trinajstić information content (AvgIpc) is 2.98. The van der Waals surface area contributed by atoms with Crippen LogP contribution in [0.1, 0.15) is 43.0 Å². The lowest BCUT2D eigenvalue weighted by Gasteiger charge is -2.09. The Hall–Kier alpha value is -2.67. The van der Waals surface area contributed by atoms with Crippen LogP contribution in [0.2, 0.25) is 0 Å². The Morgan fingerprint density at radius 3 is 2.64 bits per heavy atom. The minimum Gasteiger partial charge on any atom is -0.326 e. The lowest BCUT2D eigenvalue weighted by molar-refractivity contribution is 0.714. The molecule has 0 spiro atoms. The summed E-state index contributed by atoms with van der Waals surface area (Å²) in [7, 11) is 0. The molecule has 0 bridgehead atoms. The number of aromatic nitrogens is 3. The summed E-state index contributed by atoms with van der Waals surface area (Å²) in [6.07, 6.45) is 4.78. The molecular formula is C18H18N4. The van der Waals surface area contributed by atoms with Gasteiger partial charge < -0.3 is 4.57 Å². The number of hydrogen-bond donors (Lipinski definition) is 0. The van der Waals surface area contributed by atoms with Gasteiger partial charge in [0.05, 0.1) is 29.2 Å². The molecule has 1 atom stereocenters. The molecule has 22 heavy (non-hydrogen) atoms. The van der Waals surface area contributed by atoms with E-state index in [9.17, 15) is 0 Å². The molecule has 4 nitrogen and oxygen atoms in total. The number of nitriles is 1. The third kappa shape index (κ3) is 2.58. The normalized spacial score (nSPS) is 12.2. The average molecular weight is 290 g/mol. The fraction of sp³-hybridized carbons (Fsp3) is 0.278. The lowest BCUT2D eigenvalue weighted by atomic mass is 10.0. The zero-order valence-electron chi connectivity index (χ0n) is 12.8. The Bertz CT molecular complexity index is 824. The molecule has 1 aromatic carbocycles. The van der Waals surface area contributed by atoms with Crippen molar-refractivity contribution in [3.05, 3.63) is 59.7 Å². The fourth-order valence-corrected chi connectivity index (χ4v) is 2.57. The molecule has 2 aromatic heterocycles. The van der Waals surface area contributed by atoms with Gasteiger partial charge in [-0.3, -0.25) is 4.98 Å². The predicted octanol–water partition coefficient (Wildman–Crippen LogP) is 3.86. The maximum atomic E-state index is 8.86. The van der Waals surface area contributed by atoms with E-state index in [4.69, 9.17) is 5.26 Å². The molecule has 0 amide bonds. The first-order valence-corrected chi connectivity index (χ1v) is 7.51. The first kappa shape index (κ1) is 14.3. The Morgan fingerprint density at radius 2 is 1.95 bits per heavy atom. The summed E-state index contributed by atoms with van der Waals surface area (Å²) in [5.41, 5.74) is 5.00. The number of nitrogens with zero attached hydrogens (tertiary/aromatic N) is 4. The van der Waals surface area contributed by atoms with Gasteiger partial charge in [0.2, 0.25) is 0 Å². The molecule has 0 saturated heterocycles. The Labute approximate surface area is 130 Å². The number of fused-ring (bicyclic) bond motifs is 1. The van der Waals surface area contributed by atoms with Crippen LogP contribution in [0, 0.1) is 11.3 Å². The quantitative estimate of drug-likeness (QED) is 0.733. The second-order valence-electron chi connectivity index (χ2n) is 5.55. The highest BCUT2D eigenvalue weighted by atomic mass is 15.0. The van der Waals surface area contributed by atoms with Gasteiger partial charge in [-0.15, -0.1) is 0 Å². The zero-order valence-corrected chi connectivity index (χ0v) is 12.8. The maximum absolute atomic E-state index is 8.86. The largest absolute Gasteiger partial charge is 0.326 e. The molecular weight excluding hydrogens is 272 g/mol. The number of imidazole rings is 1. The van der Waals surface area contributed by atoms with Gasteiger partial charge >= 0.3 is 0 Å². The van der Waals surface area contributed by atoms with Gasteiger partial charge in [-0.05, 0) is 30.2 Å². The SMILES string of the molecule is CCC(C)c1nccc2c1ncn2Cc1ccc(C#N)cc1. The molecule has 0 N–H and O–H groups in total. The molecule has 0 aliphatic heterocycles. The molecule has 0 aliphatic carbocycles. The van der Waals surface area contributed by atoms with Crippen molar-refractivity contribution >= 4 is 11.0 Å². The Balaban J connectivity index is 1.96. The molecule has 0 aliphatic rings. The third-order valence-electron chi connectivity index (χ3n) is 4.08. The van der Waals surface area contributed by atoms with Gasteiger partial charge in [0.25, 0.3) is 0 Å². The van der Waals surface area contributed by atoms with Crippen LogP contribution in [-0.4, -0.2) is 14.5 Å². The maximum Gasteiger partial charge on any atom is 0.110 e. The van der Waals surface area contributed by atoms with Crippen molar-refractivity contribution in [2.75, 3.05) is 0 Å². The third-order valence-corrected chi connectivity index (χ3v) is 4.08. The van der Waals surface area contributed by atoms with E-state index in [-0.39, 0.29) is 0 Å². The van der Waals surface area contributed by atoms with E-state index in [0.29, 0.717) is 11.5 Å². The summed E-state index contributed by atoms with van der Waals surface area (Å²) >= 11 is 0. The van der Waals surface area contributed by atoms with Crippen LogP contribution < -0.4 is 0 Å². The van der Waals surface area contributed by atoms with Gasteiger partial charge in [-0.1, -0.05) is 26.0 Å². The smallest absolute Gasteiger partial charge is 0.110 e. The van der Waals surface area contributed by atoms with Crippen molar-refractivity contribution in [3.8, 4) is 6.07 Å². The van der Waals surface area contributed by atoms with Crippen molar-refractivity contribution in [1.82, 2.24) is 14.5 Å². The lowest BCUT2D eigenvalue weighted by Crippen LogP contribution is -2.00. The fourth-order valence-electron chi connectivity index (χ4n) is 2.57. The minimum atomic E-state index is 0.405. The van der Waals surface area contributed by atoms with Gasteiger partial charge in [0.1, 0.15) is 5.52 Å². The van der Waals surface area contributed by atoms with Crippen molar-refractivity contribution in [3.63, 3.8) is 0 Å². The summed E-state index contributed by atoms with van der Waals surface area (Å²) < 4.78 is 2.13. The number of benzene rings is 1. The van der Waals surface area contributed by atoms with Crippen LogP contribution in [0.3, 0.4) is 0 Å². The topological polar surface area (TPSA) is 54.5 Å².